The molecule has 3 unspecified atom stereocenters. The molecule has 0 radical (unpaired) electrons. The summed E-state index contributed by atoms with van der Waals surface area (Å²) >= 11 is 0. The van der Waals surface area contributed by atoms with Gasteiger partial charge in [-0.05, 0) is 34.1 Å². The Labute approximate surface area is 118 Å². The Hall–Kier alpha value is -0.160. The van der Waals surface area contributed by atoms with E-state index >= 15 is 0 Å². The molecule has 0 saturated heterocycles. The second-order valence-corrected chi connectivity index (χ2v) is 4.98. The fourth-order valence-electron chi connectivity index (χ4n) is 1.52. The highest BCUT2D eigenvalue weighted by Gasteiger charge is 2.09. The minimum atomic E-state index is 0.0843. The molecule has 0 bridgehead atoms. The fourth-order valence-corrected chi connectivity index (χ4v) is 1.52. The predicted molar refractivity (Wildman–Crippen MR) is 77.6 cm³/mol. The summed E-state index contributed by atoms with van der Waals surface area (Å²) in [5.74, 6) is 0. The lowest BCUT2D eigenvalue weighted by atomic mass is 10.3. The molecule has 0 aromatic rings. The van der Waals surface area contributed by atoms with Crippen LogP contribution in [0.15, 0.2) is 0 Å². The van der Waals surface area contributed by atoms with Crippen molar-refractivity contribution < 1.29 is 18.9 Å². The summed E-state index contributed by atoms with van der Waals surface area (Å²) in [6, 6.07) is 0. The zero-order valence-electron chi connectivity index (χ0n) is 13.3. The lowest BCUT2D eigenvalue weighted by Gasteiger charge is -2.19. The molecule has 0 aliphatic carbocycles. The van der Waals surface area contributed by atoms with Gasteiger partial charge in [0.25, 0.3) is 0 Å². The summed E-state index contributed by atoms with van der Waals surface area (Å²) in [4.78, 5) is 0. The molecule has 0 amide bonds. The molecule has 0 aliphatic rings. The van der Waals surface area contributed by atoms with Crippen molar-refractivity contribution >= 4 is 0 Å². The van der Waals surface area contributed by atoms with E-state index in [2.05, 4.69) is 6.92 Å². The Morgan fingerprint density at radius 1 is 0.737 bits per heavy atom. The van der Waals surface area contributed by atoms with Crippen molar-refractivity contribution in [3.63, 3.8) is 0 Å². The quantitative estimate of drug-likeness (QED) is 0.485. The van der Waals surface area contributed by atoms with Gasteiger partial charge in [0.1, 0.15) is 0 Å². The normalized spacial score (nSPS) is 16.3. The molecule has 3 atom stereocenters. The molecule has 0 spiro atoms. The average Bonchev–Trinajstić information content (AvgIpc) is 2.39. The maximum atomic E-state index is 5.69. The second kappa shape index (κ2) is 12.9. The molecule has 4 heteroatoms. The van der Waals surface area contributed by atoms with Crippen LogP contribution in [0.25, 0.3) is 0 Å². The molecule has 0 saturated carbocycles. The van der Waals surface area contributed by atoms with Gasteiger partial charge in [-0.2, -0.15) is 0 Å². The van der Waals surface area contributed by atoms with Gasteiger partial charge in [-0.25, -0.2) is 0 Å². The number of hydrogen-bond acceptors (Lipinski definition) is 4. The maximum Gasteiger partial charge on any atom is 0.0781 e. The van der Waals surface area contributed by atoms with E-state index < -0.39 is 0 Å². The molecule has 116 valence electrons. The van der Waals surface area contributed by atoms with E-state index in [0.717, 1.165) is 26.1 Å². The molecule has 0 N–H and O–H groups in total. The standard InChI is InChI=1S/C15H32O4/c1-6-8-9-16-10-13(3)18-12-15(5)19-11-14(4)17-7-2/h13-15H,6-12H2,1-5H3. The molecule has 0 heterocycles. The topological polar surface area (TPSA) is 36.9 Å². The lowest BCUT2D eigenvalue weighted by molar-refractivity contribution is -0.0787. The third kappa shape index (κ3) is 12.6. The minimum absolute atomic E-state index is 0.0843. The summed E-state index contributed by atoms with van der Waals surface area (Å²) in [6.07, 6.45) is 2.62. The first-order valence-electron chi connectivity index (χ1n) is 7.52. The Bertz CT molecular complexity index is 187. The van der Waals surface area contributed by atoms with Crippen LogP contribution in [0.4, 0.5) is 0 Å². The summed E-state index contributed by atoms with van der Waals surface area (Å²) in [6.45, 7) is 13.6. The van der Waals surface area contributed by atoms with Crippen LogP contribution >= 0.6 is 0 Å². The van der Waals surface area contributed by atoms with Crippen molar-refractivity contribution in [1.29, 1.82) is 0 Å². The highest BCUT2D eigenvalue weighted by atomic mass is 16.6. The van der Waals surface area contributed by atoms with Crippen molar-refractivity contribution in [1.82, 2.24) is 0 Å². The van der Waals surface area contributed by atoms with Gasteiger partial charge in [-0.15, -0.1) is 0 Å². The van der Waals surface area contributed by atoms with Gasteiger partial charge in [0, 0.05) is 13.2 Å². The first kappa shape index (κ1) is 18.8. The van der Waals surface area contributed by atoms with E-state index in [9.17, 15) is 0 Å². The summed E-state index contributed by atoms with van der Waals surface area (Å²) in [7, 11) is 0. The zero-order chi connectivity index (χ0) is 14.5. The van der Waals surface area contributed by atoms with Gasteiger partial charge in [-0.1, -0.05) is 13.3 Å². The molecule has 0 aliphatic heterocycles. The first-order valence-corrected chi connectivity index (χ1v) is 7.52. The van der Waals surface area contributed by atoms with Crippen molar-refractivity contribution in [3.05, 3.63) is 0 Å². The van der Waals surface area contributed by atoms with Crippen LogP contribution in [0.1, 0.15) is 47.5 Å². The minimum Gasteiger partial charge on any atom is -0.379 e. The van der Waals surface area contributed by atoms with E-state index in [1.807, 2.05) is 27.7 Å². The lowest BCUT2D eigenvalue weighted by Crippen LogP contribution is -2.26. The predicted octanol–water partition coefficient (Wildman–Crippen LogP) is 3.04. The molecular formula is C15H32O4. The van der Waals surface area contributed by atoms with Crippen LogP contribution in [0.2, 0.25) is 0 Å². The average molecular weight is 276 g/mol. The highest BCUT2D eigenvalue weighted by Crippen LogP contribution is 2.01. The van der Waals surface area contributed by atoms with E-state index in [1.165, 1.54) is 0 Å². The van der Waals surface area contributed by atoms with E-state index in [-0.39, 0.29) is 18.3 Å². The van der Waals surface area contributed by atoms with Crippen molar-refractivity contribution in [2.45, 2.75) is 65.8 Å². The van der Waals surface area contributed by atoms with Gasteiger partial charge in [-0.3, -0.25) is 0 Å². The highest BCUT2D eigenvalue weighted by molar-refractivity contribution is 4.55. The van der Waals surface area contributed by atoms with Gasteiger partial charge >= 0.3 is 0 Å². The smallest absolute Gasteiger partial charge is 0.0781 e. The van der Waals surface area contributed by atoms with E-state index in [0.29, 0.717) is 19.8 Å². The maximum absolute atomic E-state index is 5.69. The fraction of sp³-hybridized carbons (Fsp3) is 1.00. The molecule has 0 fully saturated rings. The van der Waals surface area contributed by atoms with E-state index in [1.54, 1.807) is 0 Å². The third-order valence-electron chi connectivity index (χ3n) is 2.68. The Morgan fingerprint density at radius 3 is 1.79 bits per heavy atom. The number of hydrogen-bond donors (Lipinski definition) is 0. The molecule has 0 aromatic heterocycles. The Kier molecular flexibility index (Phi) is 12.7. The van der Waals surface area contributed by atoms with Crippen LogP contribution in [0, 0.1) is 0 Å². The van der Waals surface area contributed by atoms with Crippen LogP contribution in [0.3, 0.4) is 0 Å². The van der Waals surface area contributed by atoms with Crippen LogP contribution in [0.5, 0.6) is 0 Å². The number of ether oxygens (including phenoxy) is 4. The molecule has 0 rings (SSSR count). The monoisotopic (exact) mass is 276 g/mol. The molecule has 4 nitrogen and oxygen atoms in total. The van der Waals surface area contributed by atoms with Gasteiger partial charge in [0.05, 0.1) is 38.1 Å². The summed E-state index contributed by atoms with van der Waals surface area (Å²) in [5.41, 5.74) is 0. The van der Waals surface area contributed by atoms with Crippen molar-refractivity contribution in [3.8, 4) is 0 Å². The molecule has 19 heavy (non-hydrogen) atoms. The van der Waals surface area contributed by atoms with Crippen LogP contribution in [-0.2, 0) is 18.9 Å². The van der Waals surface area contributed by atoms with Gasteiger partial charge in [0.2, 0.25) is 0 Å². The largest absolute Gasteiger partial charge is 0.379 e. The Balaban J connectivity index is 3.47. The van der Waals surface area contributed by atoms with Crippen molar-refractivity contribution in [2.75, 3.05) is 33.0 Å². The number of rotatable bonds is 13. The second-order valence-electron chi connectivity index (χ2n) is 4.98. The SMILES string of the molecule is CCCCOCC(C)OCC(C)OCC(C)OCC. The first-order chi connectivity index (χ1) is 9.10. The summed E-state index contributed by atoms with van der Waals surface area (Å²) < 4.78 is 22.3. The van der Waals surface area contributed by atoms with Gasteiger partial charge < -0.3 is 18.9 Å². The molecule has 0 aromatic carbocycles. The van der Waals surface area contributed by atoms with E-state index in [4.69, 9.17) is 18.9 Å². The van der Waals surface area contributed by atoms with Crippen LogP contribution in [-0.4, -0.2) is 51.3 Å². The number of unbranched alkanes of at least 4 members (excludes halogenated alkanes) is 1. The summed E-state index contributed by atoms with van der Waals surface area (Å²) in [5, 5.41) is 0. The van der Waals surface area contributed by atoms with Crippen LogP contribution < -0.4 is 0 Å². The Morgan fingerprint density at radius 2 is 1.26 bits per heavy atom. The zero-order valence-corrected chi connectivity index (χ0v) is 13.3. The third-order valence-corrected chi connectivity index (χ3v) is 2.68. The van der Waals surface area contributed by atoms with Crippen molar-refractivity contribution in [2.24, 2.45) is 0 Å². The van der Waals surface area contributed by atoms with Gasteiger partial charge in [0.15, 0.2) is 0 Å². The molecular weight excluding hydrogens is 244 g/mol.